The summed E-state index contributed by atoms with van der Waals surface area (Å²) in [5.74, 6) is -0.192. The van der Waals surface area contributed by atoms with Gasteiger partial charge in [-0.15, -0.1) is 0 Å². The number of pyridine rings is 1. The van der Waals surface area contributed by atoms with Crippen LogP contribution in [0, 0.1) is 17.1 Å². The number of aromatic nitrogens is 1. The van der Waals surface area contributed by atoms with Crippen LogP contribution < -0.4 is 10.1 Å². The average molecular weight is 271 g/mol. The van der Waals surface area contributed by atoms with Crippen LogP contribution in [-0.2, 0) is 0 Å². The van der Waals surface area contributed by atoms with E-state index in [0.29, 0.717) is 5.88 Å². The molecule has 0 fully saturated rings. The van der Waals surface area contributed by atoms with Gasteiger partial charge in [0.2, 0.25) is 5.88 Å². The molecule has 0 aliphatic rings. The van der Waals surface area contributed by atoms with Crippen LogP contribution >= 0.6 is 0 Å². The first-order chi connectivity index (χ1) is 9.65. The Morgan fingerprint density at radius 2 is 2.20 bits per heavy atom. The Bertz CT molecular complexity index is 652. The Kier molecular flexibility index (Phi) is 4.28. The molecule has 20 heavy (non-hydrogen) atoms. The summed E-state index contributed by atoms with van der Waals surface area (Å²) in [6.07, 6.45) is 1.59. The van der Waals surface area contributed by atoms with Gasteiger partial charge in [0.1, 0.15) is 0 Å². The summed E-state index contributed by atoms with van der Waals surface area (Å²) < 4.78 is 19.3. The predicted molar refractivity (Wildman–Crippen MR) is 72.9 cm³/mol. The normalized spacial score (nSPS) is 11.7. The van der Waals surface area contributed by atoms with Gasteiger partial charge in [0.15, 0.2) is 11.6 Å². The van der Waals surface area contributed by atoms with E-state index in [1.807, 2.05) is 26.1 Å². The van der Waals surface area contributed by atoms with Crippen LogP contribution in [0.25, 0.3) is 0 Å². The fourth-order valence-corrected chi connectivity index (χ4v) is 1.73. The van der Waals surface area contributed by atoms with Crippen molar-refractivity contribution in [1.82, 2.24) is 10.3 Å². The molecule has 0 spiro atoms. The maximum atomic E-state index is 13.8. The van der Waals surface area contributed by atoms with Crippen molar-refractivity contribution < 1.29 is 9.13 Å². The fraction of sp³-hybridized carbons (Fsp3) is 0.200. The lowest BCUT2D eigenvalue weighted by Gasteiger charge is -2.15. The Labute approximate surface area is 116 Å². The number of nitriles is 1. The van der Waals surface area contributed by atoms with Crippen LogP contribution in [0.2, 0.25) is 0 Å². The molecule has 2 rings (SSSR count). The molecule has 1 aromatic heterocycles. The number of nitrogens with zero attached hydrogens (tertiary/aromatic N) is 2. The highest BCUT2D eigenvalue weighted by atomic mass is 19.1. The number of nitrogens with one attached hydrogen (secondary N) is 1. The standard InChI is InChI=1S/C15H14FN3O/c1-10(18-2)12-4-3-7-19-15(12)20-14-6-5-11(9-17)8-13(14)16/h3-8,10,18H,1-2H3. The lowest BCUT2D eigenvalue weighted by atomic mass is 10.1. The number of benzene rings is 1. The van der Waals surface area contributed by atoms with Gasteiger partial charge >= 0.3 is 0 Å². The van der Waals surface area contributed by atoms with Crippen molar-refractivity contribution in [3.05, 3.63) is 53.5 Å². The molecule has 1 atom stereocenters. The quantitative estimate of drug-likeness (QED) is 0.928. The molecular weight excluding hydrogens is 257 g/mol. The first kappa shape index (κ1) is 14.0. The minimum Gasteiger partial charge on any atom is -0.436 e. The molecule has 5 heteroatoms. The highest BCUT2D eigenvalue weighted by molar-refractivity contribution is 5.39. The molecule has 2 aromatic rings. The molecule has 0 saturated carbocycles. The van der Waals surface area contributed by atoms with E-state index in [4.69, 9.17) is 10.00 Å². The van der Waals surface area contributed by atoms with Gasteiger partial charge in [-0.2, -0.15) is 5.26 Å². The third-order valence-electron chi connectivity index (χ3n) is 2.97. The van der Waals surface area contributed by atoms with Crippen LogP contribution in [-0.4, -0.2) is 12.0 Å². The molecule has 0 aliphatic heterocycles. The number of rotatable bonds is 4. The lowest BCUT2D eigenvalue weighted by Crippen LogP contribution is -2.13. The minimum atomic E-state index is -0.585. The molecule has 1 heterocycles. The van der Waals surface area contributed by atoms with Gasteiger partial charge in [0.25, 0.3) is 0 Å². The second kappa shape index (κ2) is 6.13. The third kappa shape index (κ3) is 2.92. The number of hydrogen-bond acceptors (Lipinski definition) is 4. The van der Waals surface area contributed by atoms with Crippen LogP contribution in [0.5, 0.6) is 11.6 Å². The van der Waals surface area contributed by atoms with Crippen LogP contribution in [0.3, 0.4) is 0 Å². The van der Waals surface area contributed by atoms with Crippen molar-refractivity contribution in [2.75, 3.05) is 7.05 Å². The molecule has 0 saturated heterocycles. The van der Waals surface area contributed by atoms with Gasteiger partial charge in [0, 0.05) is 17.8 Å². The highest BCUT2D eigenvalue weighted by Gasteiger charge is 2.13. The first-order valence-corrected chi connectivity index (χ1v) is 6.15. The number of ether oxygens (including phenoxy) is 1. The zero-order chi connectivity index (χ0) is 14.5. The van der Waals surface area contributed by atoms with E-state index < -0.39 is 5.82 Å². The number of hydrogen-bond donors (Lipinski definition) is 1. The summed E-state index contributed by atoms with van der Waals surface area (Å²) in [6, 6.07) is 9.64. The van der Waals surface area contributed by atoms with Gasteiger partial charge in [-0.1, -0.05) is 6.07 Å². The smallest absolute Gasteiger partial charge is 0.224 e. The monoisotopic (exact) mass is 271 g/mol. The summed E-state index contributed by atoms with van der Waals surface area (Å²) in [4.78, 5) is 4.13. The van der Waals surface area contributed by atoms with E-state index in [-0.39, 0.29) is 17.4 Å². The molecule has 0 bridgehead atoms. The lowest BCUT2D eigenvalue weighted by molar-refractivity contribution is 0.416. The van der Waals surface area contributed by atoms with Crippen molar-refractivity contribution in [3.8, 4) is 17.7 Å². The van der Waals surface area contributed by atoms with Crippen molar-refractivity contribution in [3.63, 3.8) is 0 Å². The van der Waals surface area contributed by atoms with E-state index in [1.165, 1.54) is 12.1 Å². The third-order valence-corrected chi connectivity index (χ3v) is 2.97. The van der Waals surface area contributed by atoms with Crippen molar-refractivity contribution in [2.45, 2.75) is 13.0 Å². The summed E-state index contributed by atoms with van der Waals surface area (Å²) in [6.45, 7) is 1.96. The molecule has 0 aliphatic carbocycles. The molecule has 0 amide bonds. The molecule has 1 aromatic carbocycles. The zero-order valence-electron chi connectivity index (χ0n) is 11.2. The van der Waals surface area contributed by atoms with Crippen molar-refractivity contribution in [2.24, 2.45) is 0 Å². The van der Waals surface area contributed by atoms with E-state index in [0.717, 1.165) is 11.6 Å². The van der Waals surface area contributed by atoms with E-state index in [2.05, 4.69) is 10.3 Å². The van der Waals surface area contributed by atoms with Gasteiger partial charge in [-0.05, 0) is 38.2 Å². The maximum absolute atomic E-state index is 13.8. The van der Waals surface area contributed by atoms with E-state index in [1.54, 1.807) is 12.3 Å². The van der Waals surface area contributed by atoms with Crippen LogP contribution in [0.1, 0.15) is 24.1 Å². The van der Waals surface area contributed by atoms with Crippen molar-refractivity contribution >= 4 is 0 Å². The van der Waals surface area contributed by atoms with Gasteiger partial charge < -0.3 is 10.1 Å². The summed E-state index contributed by atoms with van der Waals surface area (Å²) in [5.41, 5.74) is 1.08. The number of halogens is 1. The molecule has 1 unspecified atom stereocenters. The topological polar surface area (TPSA) is 57.9 Å². The Morgan fingerprint density at radius 1 is 1.40 bits per heavy atom. The van der Waals surface area contributed by atoms with Crippen molar-refractivity contribution in [1.29, 1.82) is 5.26 Å². The van der Waals surface area contributed by atoms with Gasteiger partial charge in [-0.25, -0.2) is 9.37 Å². The van der Waals surface area contributed by atoms with Crippen LogP contribution in [0.4, 0.5) is 4.39 Å². The summed E-state index contributed by atoms with van der Waals surface area (Å²) in [5, 5.41) is 11.8. The minimum absolute atomic E-state index is 0.0279. The van der Waals surface area contributed by atoms with E-state index >= 15 is 0 Å². The molecule has 102 valence electrons. The molecular formula is C15H14FN3O. The summed E-state index contributed by atoms with van der Waals surface area (Å²) in [7, 11) is 1.82. The molecule has 0 radical (unpaired) electrons. The van der Waals surface area contributed by atoms with Gasteiger partial charge in [-0.3, -0.25) is 0 Å². The maximum Gasteiger partial charge on any atom is 0.224 e. The fourth-order valence-electron chi connectivity index (χ4n) is 1.73. The second-order valence-electron chi connectivity index (χ2n) is 4.27. The average Bonchev–Trinajstić information content (AvgIpc) is 2.49. The Balaban J connectivity index is 2.33. The van der Waals surface area contributed by atoms with Gasteiger partial charge in [0.05, 0.1) is 11.6 Å². The molecule has 4 nitrogen and oxygen atoms in total. The SMILES string of the molecule is CNC(C)c1cccnc1Oc1ccc(C#N)cc1F. The zero-order valence-corrected chi connectivity index (χ0v) is 11.2. The van der Waals surface area contributed by atoms with Crippen LogP contribution in [0.15, 0.2) is 36.5 Å². The first-order valence-electron chi connectivity index (χ1n) is 6.15. The summed E-state index contributed by atoms with van der Waals surface area (Å²) >= 11 is 0. The molecule has 1 N–H and O–H groups in total. The second-order valence-corrected chi connectivity index (χ2v) is 4.27. The Hall–Kier alpha value is -2.45. The largest absolute Gasteiger partial charge is 0.436 e. The van der Waals surface area contributed by atoms with E-state index in [9.17, 15) is 4.39 Å². The predicted octanol–water partition coefficient (Wildman–Crippen LogP) is 3.17. The Morgan fingerprint density at radius 3 is 2.85 bits per heavy atom. The highest BCUT2D eigenvalue weighted by Crippen LogP contribution is 2.29.